The molecule has 0 saturated heterocycles. The van der Waals surface area contributed by atoms with Gasteiger partial charge in [-0.2, -0.15) is 0 Å². The molecule has 1 aliphatic heterocycles. The quantitative estimate of drug-likeness (QED) is 0.851. The Balaban J connectivity index is 1.69. The number of para-hydroxylation sites is 1. The molecule has 2 N–H and O–H groups in total. The van der Waals surface area contributed by atoms with Crippen LogP contribution in [0.1, 0.15) is 23.5 Å². The highest BCUT2D eigenvalue weighted by Crippen LogP contribution is 2.33. The van der Waals surface area contributed by atoms with Crippen molar-refractivity contribution in [2.45, 2.75) is 24.8 Å². The fourth-order valence-electron chi connectivity index (χ4n) is 3.58. The first-order valence-corrected chi connectivity index (χ1v) is 8.98. The molecule has 25 heavy (non-hydrogen) atoms. The molecule has 0 bridgehead atoms. The molecule has 0 aromatic heterocycles. The molecule has 4 heteroatoms. The van der Waals surface area contributed by atoms with E-state index >= 15 is 0 Å². The van der Waals surface area contributed by atoms with E-state index in [1.807, 2.05) is 18.2 Å². The van der Waals surface area contributed by atoms with Crippen LogP contribution in [0.4, 0.5) is 5.69 Å². The summed E-state index contributed by atoms with van der Waals surface area (Å²) in [6, 6.07) is 18.6. The highest BCUT2D eigenvalue weighted by atomic mass is 16.2. The van der Waals surface area contributed by atoms with Crippen LogP contribution >= 0.6 is 0 Å². The number of nitrogens with zero attached hydrogens (tertiary/aromatic N) is 1. The van der Waals surface area contributed by atoms with E-state index in [2.05, 4.69) is 59.0 Å². The Bertz CT molecular complexity index is 701. The Hall–Kier alpha value is -2.33. The maximum atomic E-state index is 12.3. The topological polar surface area (TPSA) is 44.4 Å². The van der Waals surface area contributed by atoms with Gasteiger partial charge in [0.25, 0.3) is 0 Å². The van der Waals surface area contributed by atoms with Crippen LogP contribution in [0.15, 0.2) is 54.6 Å². The van der Waals surface area contributed by atoms with E-state index in [4.69, 9.17) is 0 Å². The van der Waals surface area contributed by atoms with E-state index in [1.165, 1.54) is 16.8 Å². The van der Waals surface area contributed by atoms with Crippen LogP contribution in [0.2, 0.25) is 0 Å². The Morgan fingerprint density at radius 3 is 2.64 bits per heavy atom. The van der Waals surface area contributed by atoms with Crippen molar-refractivity contribution >= 4 is 11.6 Å². The number of likely N-dealkylation sites (N-methyl/N-ethyl adjacent to an activating group) is 1. The number of hydrogen-bond donors (Lipinski definition) is 2. The van der Waals surface area contributed by atoms with Crippen molar-refractivity contribution in [3.05, 3.63) is 65.7 Å². The molecular weight excluding hydrogens is 310 g/mol. The number of anilines is 1. The van der Waals surface area contributed by atoms with E-state index in [1.54, 1.807) is 7.05 Å². The van der Waals surface area contributed by atoms with Crippen LogP contribution in [0.25, 0.3) is 0 Å². The number of benzene rings is 2. The molecule has 132 valence electrons. The lowest BCUT2D eigenvalue weighted by Crippen LogP contribution is -2.46. The van der Waals surface area contributed by atoms with E-state index in [0.29, 0.717) is 12.3 Å². The van der Waals surface area contributed by atoms with Gasteiger partial charge in [0.15, 0.2) is 0 Å². The first-order valence-electron chi connectivity index (χ1n) is 8.98. The average molecular weight is 337 g/mol. The zero-order chi connectivity index (χ0) is 17.6. The van der Waals surface area contributed by atoms with Crippen LogP contribution in [-0.4, -0.2) is 39.1 Å². The highest BCUT2D eigenvalue weighted by Gasteiger charge is 2.25. The standard InChI is InChI=1S/C21H27N3O/c1-22-21(25)19(14-16-8-4-3-5-9-16)23-15-17-12-13-24(2)20-11-7-6-10-18(17)20/h3-11,17,19,23H,12-15H2,1-2H3,(H,22,25). The summed E-state index contributed by atoms with van der Waals surface area (Å²) >= 11 is 0. The summed E-state index contributed by atoms with van der Waals surface area (Å²) in [4.78, 5) is 14.6. The Kier molecular flexibility index (Phi) is 5.71. The van der Waals surface area contributed by atoms with Gasteiger partial charge in [-0.05, 0) is 30.0 Å². The van der Waals surface area contributed by atoms with Gasteiger partial charge >= 0.3 is 0 Å². The monoisotopic (exact) mass is 337 g/mol. The molecule has 0 radical (unpaired) electrons. The highest BCUT2D eigenvalue weighted by molar-refractivity contribution is 5.81. The summed E-state index contributed by atoms with van der Waals surface area (Å²) in [5.41, 5.74) is 3.85. The van der Waals surface area contributed by atoms with Gasteiger partial charge in [0.05, 0.1) is 6.04 Å². The van der Waals surface area contributed by atoms with Crippen molar-refractivity contribution in [1.29, 1.82) is 0 Å². The molecule has 2 aromatic rings. The molecule has 0 fully saturated rings. The van der Waals surface area contributed by atoms with Gasteiger partial charge in [0.2, 0.25) is 5.91 Å². The summed E-state index contributed by atoms with van der Waals surface area (Å²) < 4.78 is 0. The predicted octanol–water partition coefficient (Wildman–Crippen LogP) is 2.56. The van der Waals surface area contributed by atoms with Gasteiger partial charge in [-0.25, -0.2) is 0 Å². The van der Waals surface area contributed by atoms with Crippen LogP contribution in [0.3, 0.4) is 0 Å². The first-order chi connectivity index (χ1) is 12.2. The SMILES string of the molecule is CNC(=O)C(Cc1ccccc1)NCC1CCN(C)c2ccccc21. The number of nitrogens with one attached hydrogen (secondary N) is 2. The minimum Gasteiger partial charge on any atom is -0.374 e. The number of amides is 1. The molecule has 2 aromatic carbocycles. The van der Waals surface area contributed by atoms with Gasteiger partial charge in [-0.1, -0.05) is 48.5 Å². The maximum Gasteiger partial charge on any atom is 0.237 e. The molecule has 2 atom stereocenters. The summed E-state index contributed by atoms with van der Waals surface area (Å²) in [5, 5.41) is 6.30. The smallest absolute Gasteiger partial charge is 0.237 e. The molecule has 4 nitrogen and oxygen atoms in total. The third-order valence-corrected chi connectivity index (χ3v) is 5.06. The summed E-state index contributed by atoms with van der Waals surface area (Å²) in [6.07, 6.45) is 1.81. The van der Waals surface area contributed by atoms with Crippen LogP contribution in [0, 0.1) is 0 Å². The number of fused-ring (bicyclic) bond motifs is 1. The molecule has 2 unspecified atom stereocenters. The third-order valence-electron chi connectivity index (χ3n) is 5.06. The van der Waals surface area contributed by atoms with Gasteiger partial charge < -0.3 is 15.5 Å². The van der Waals surface area contributed by atoms with Crippen molar-refractivity contribution in [3.63, 3.8) is 0 Å². The molecule has 1 heterocycles. The van der Waals surface area contributed by atoms with Crippen molar-refractivity contribution in [2.24, 2.45) is 0 Å². The van der Waals surface area contributed by atoms with Gasteiger partial charge in [-0.15, -0.1) is 0 Å². The van der Waals surface area contributed by atoms with Gasteiger partial charge in [-0.3, -0.25) is 4.79 Å². The second-order valence-electron chi connectivity index (χ2n) is 6.73. The number of carbonyl (C=O) groups excluding carboxylic acids is 1. The number of hydrogen-bond acceptors (Lipinski definition) is 3. The van der Waals surface area contributed by atoms with Crippen molar-refractivity contribution in [1.82, 2.24) is 10.6 Å². The minimum absolute atomic E-state index is 0.0464. The molecule has 0 spiro atoms. The Morgan fingerprint density at radius 1 is 1.16 bits per heavy atom. The predicted molar refractivity (Wildman–Crippen MR) is 103 cm³/mol. The van der Waals surface area contributed by atoms with Gasteiger partial charge in [0, 0.05) is 38.8 Å². The third kappa shape index (κ3) is 4.20. The lowest BCUT2D eigenvalue weighted by atomic mass is 9.89. The normalized spacial score (nSPS) is 17.7. The van der Waals surface area contributed by atoms with Crippen molar-refractivity contribution < 1.29 is 4.79 Å². The fraction of sp³-hybridized carbons (Fsp3) is 0.381. The average Bonchev–Trinajstić information content (AvgIpc) is 2.67. The minimum atomic E-state index is -0.209. The number of carbonyl (C=O) groups is 1. The lowest BCUT2D eigenvalue weighted by molar-refractivity contribution is -0.122. The van der Waals surface area contributed by atoms with Crippen LogP contribution < -0.4 is 15.5 Å². The van der Waals surface area contributed by atoms with E-state index in [0.717, 1.165) is 19.5 Å². The molecular formula is C21H27N3O. The molecule has 0 aliphatic carbocycles. The first kappa shape index (κ1) is 17.5. The zero-order valence-electron chi connectivity index (χ0n) is 15.0. The van der Waals surface area contributed by atoms with Crippen LogP contribution in [0.5, 0.6) is 0 Å². The van der Waals surface area contributed by atoms with E-state index in [9.17, 15) is 4.79 Å². The Labute approximate surface area is 150 Å². The fourth-order valence-corrected chi connectivity index (χ4v) is 3.58. The van der Waals surface area contributed by atoms with Crippen LogP contribution in [-0.2, 0) is 11.2 Å². The largest absolute Gasteiger partial charge is 0.374 e. The zero-order valence-corrected chi connectivity index (χ0v) is 15.0. The Morgan fingerprint density at radius 2 is 1.88 bits per heavy atom. The summed E-state index contributed by atoms with van der Waals surface area (Å²) in [5.74, 6) is 0.486. The second-order valence-corrected chi connectivity index (χ2v) is 6.73. The molecule has 1 amide bonds. The molecule has 0 saturated carbocycles. The lowest BCUT2D eigenvalue weighted by Gasteiger charge is -2.34. The second kappa shape index (κ2) is 8.17. The number of rotatable bonds is 6. The van der Waals surface area contributed by atoms with E-state index in [-0.39, 0.29) is 11.9 Å². The van der Waals surface area contributed by atoms with E-state index < -0.39 is 0 Å². The summed E-state index contributed by atoms with van der Waals surface area (Å²) in [7, 11) is 3.85. The van der Waals surface area contributed by atoms with Crippen molar-refractivity contribution in [3.8, 4) is 0 Å². The van der Waals surface area contributed by atoms with Gasteiger partial charge in [0.1, 0.15) is 0 Å². The molecule has 3 rings (SSSR count). The maximum absolute atomic E-state index is 12.3. The van der Waals surface area contributed by atoms with Crippen molar-refractivity contribution in [2.75, 3.05) is 32.1 Å². The molecule has 1 aliphatic rings. The summed E-state index contributed by atoms with van der Waals surface area (Å²) in [6.45, 7) is 1.86.